The minimum Gasteiger partial charge on any atom is -0.481 e. The van der Waals surface area contributed by atoms with Crippen molar-refractivity contribution in [1.82, 2.24) is 0 Å². The molecule has 4 nitrogen and oxygen atoms in total. The van der Waals surface area contributed by atoms with Gasteiger partial charge in [-0.1, -0.05) is 34.1 Å². The van der Waals surface area contributed by atoms with Crippen molar-refractivity contribution in [2.24, 2.45) is 40.9 Å². The number of hydrogen-bond donors (Lipinski definition) is 2. The number of rotatable bonds is 8. The topological polar surface area (TPSA) is 74.6 Å². The molecule has 2 aliphatic rings. The third-order valence-electron chi connectivity index (χ3n) is 6.17. The van der Waals surface area contributed by atoms with Crippen LogP contribution in [0.25, 0.3) is 0 Å². The van der Waals surface area contributed by atoms with Gasteiger partial charge in [-0.3, -0.25) is 9.59 Å². The summed E-state index contributed by atoms with van der Waals surface area (Å²) in [5.74, 6) is -1.18. The van der Waals surface area contributed by atoms with E-state index in [1.165, 1.54) is 6.42 Å². The molecule has 4 heteroatoms. The standard InChI is InChI=1S/C19H32O4/c1-11(2)7-16(17(20)21)19(18(22)23,10-12(3)4)15-9-13-5-6-14(15)8-13/h11-16H,5-10H2,1-4H3,(H,20,21)(H,22,23). The Kier molecular flexibility index (Phi) is 5.42. The summed E-state index contributed by atoms with van der Waals surface area (Å²) in [7, 11) is 0. The van der Waals surface area contributed by atoms with E-state index in [9.17, 15) is 19.8 Å². The second-order valence-corrected chi connectivity index (χ2v) is 8.75. The average molecular weight is 324 g/mol. The number of carboxylic acid groups (broad SMARTS) is 2. The monoisotopic (exact) mass is 324 g/mol. The number of aliphatic carboxylic acids is 2. The molecule has 2 bridgehead atoms. The van der Waals surface area contributed by atoms with Crippen molar-refractivity contribution in [3.8, 4) is 0 Å². The van der Waals surface area contributed by atoms with Gasteiger partial charge in [0.05, 0.1) is 11.3 Å². The summed E-state index contributed by atoms with van der Waals surface area (Å²) in [4.78, 5) is 24.6. The van der Waals surface area contributed by atoms with Crippen molar-refractivity contribution in [3.63, 3.8) is 0 Å². The van der Waals surface area contributed by atoms with Crippen molar-refractivity contribution in [2.45, 2.75) is 66.2 Å². The van der Waals surface area contributed by atoms with Crippen LogP contribution in [0, 0.1) is 40.9 Å². The zero-order valence-electron chi connectivity index (χ0n) is 14.9. The fraction of sp³-hybridized carbons (Fsp3) is 0.895. The smallest absolute Gasteiger partial charge is 0.310 e. The van der Waals surface area contributed by atoms with Gasteiger partial charge >= 0.3 is 11.9 Å². The Labute approximate surface area is 139 Å². The maximum atomic E-state index is 12.5. The van der Waals surface area contributed by atoms with Crippen LogP contribution in [0.15, 0.2) is 0 Å². The zero-order chi connectivity index (χ0) is 17.4. The summed E-state index contributed by atoms with van der Waals surface area (Å²) in [6.07, 6.45) is 5.20. The fourth-order valence-corrected chi connectivity index (χ4v) is 5.50. The summed E-state index contributed by atoms with van der Waals surface area (Å²) in [5.41, 5.74) is -1.11. The Morgan fingerprint density at radius 1 is 1.04 bits per heavy atom. The molecule has 2 saturated carbocycles. The molecule has 0 aliphatic heterocycles. The lowest BCUT2D eigenvalue weighted by Gasteiger charge is -2.45. The SMILES string of the molecule is CC(C)CC(C(=O)O)C(CC(C)C)(C(=O)O)C1CC2CCC1C2. The van der Waals surface area contributed by atoms with E-state index in [0.29, 0.717) is 24.7 Å². The number of carbonyl (C=O) groups is 2. The fourth-order valence-electron chi connectivity index (χ4n) is 5.50. The van der Waals surface area contributed by atoms with E-state index >= 15 is 0 Å². The van der Waals surface area contributed by atoms with Crippen molar-refractivity contribution < 1.29 is 19.8 Å². The zero-order valence-corrected chi connectivity index (χ0v) is 14.9. The molecule has 0 amide bonds. The quantitative estimate of drug-likeness (QED) is 0.698. The molecule has 5 unspecified atom stereocenters. The molecule has 5 atom stereocenters. The van der Waals surface area contributed by atoms with Gasteiger partial charge in [-0.05, 0) is 61.7 Å². The van der Waals surface area contributed by atoms with Gasteiger partial charge < -0.3 is 10.2 Å². The summed E-state index contributed by atoms with van der Waals surface area (Å²) >= 11 is 0. The minimum atomic E-state index is -1.11. The molecule has 0 spiro atoms. The van der Waals surface area contributed by atoms with Gasteiger partial charge in [-0.2, -0.15) is 0 Å². The predicted octanol–water partition coefficient (Wildman–Crippen LogP) is 4.29. The Morgan fingerprint density at radius 2 is 1.70 bits per heavy atom. The van der Waals surface area contributed by atoms with Crippen LogP contribution >= 0.6 is 0 Å². The van der Waals surface area contributed by atoms with E-state index in [0.717, 1.165) is 19.3 Å². The Hall–Kier alpha value is -1.06. The lowest BCUT2D eigenvalue weighted by atomic mass is 9.57. The van der Waals surface area contributed by atoms with Crippen molar-refractivity contribution in [2.75, 3.05) is 0 Å². The van der Waals surface area contributed by atoms with Gasteiger partial charge in [0.25, 0.3) is 0 Å². The highest BCUT2D eigenvalue weighted by molar-refractivity contribution is 5.84. The third-order valence-corrected chi connectivity index (χ3v) is 6.17. The first-order valence-electron chi connectivity index (χ1n) is 9.14. The first-order valence-corrected chi connectivity index (χ1v) is 9.14. The van der Waals surface area contributed by atoms with E-state index in [1.807, 2.05) is 27.7 Å². The molecule has 0 heterocycles. The highest BCUT2D eigenvalue weighted by atomic mass is 16.4. The van der Waals surface area contributed by atoms with Crippen molar-refractivity contribution in [1.29, 1.82) is 0 Å². The Bertz CT molecular complexity index is 456. The van der Waals surface area contributed by atoms with Crippen LogP contribution in [0.5, 0.6) is 0 Å². The molecule has 0 radical (unpaired) electrons. The summed E-state index contributed by atoms with van der Waals surface area (Å²) in [6.45, 7) is 8.00. The maximum absolute atomic E-state index is 12.5. The average Bonchev–Trinajstić information content (AvgIpc) is 3.04. The van der Waals surface area contributed by atoms with Gasteiger partial charge in [0.1, 0.15) is 0 Å². The molecule has 2 N–H and O–H groups in total. The molecule has 0 aromatic carbocycles. The summed E-state index contributed by atoms with van der Waals surface area (Å²) in [5, 5.41) is 20.1. The summed E-state index contributed by atoms with van der Waals surface area (Å²) in [6, 6.07) is 0. The number of fused-ring (bicyclic) bond motifs is 2. The van der Waals surface area contributed by atoms with E-state index < -0.39 is 23.3 Å². The summed E-state index contributed by atoms with van der Waals surface area (Å²) < 4.78 is 0. The van der Waals surface area contributed by atoms with Crippen LogP contribution in [-0.2, 0) is 9.59 Å². The van der Waals surface area contributed by atoms with Gasteiger partial charge in [0.2, 0.25) is 0 Å². The number of carboxylic acids is 2. The largest absolute Gasteiger partial charge is 0.481 e. The van der Waals surface area contributed by atoms with Crippen LogP contribution in [-0.4, -0.2) is 22.2 Å². The molecule has 0 saturated heterocycles. The highest BCUT2D eigenvalue weighted by Gasteiger charge is 2.60. The lowest BCUT2D eigenvalue weighted by Crippen LogP contribution is -2.51. The molecule has 2 rings (SSSR count). The molecular formula is C19H32O4. The maximum Gasteiger partial charge on any atom is 0.310 e. The molecular weight excluding hydrogens is 292 g/mol. The molecule has 132 valence electrons. The van der Waals surface area contributed by atoms with Crippen LogP contribution in [0.4, 0.5) is 0 Å². The minimum absolute atomic E-state index is 0.0287. The second kappa shape index (κ2) is 6.82. The first kappa shape index (κ1) is 18.3. The predicted molar refractivity (Wildman–Crippen MR) is 89.0 cm³/mol. The Balaban J connectivity index is 2.47. The van der Waals surface area contributed by atoms with Gasteiger partial charge in [-0.25, -0.2) is 0 Å². The van der Waals surface area contributed by atoms with Gasteiger partial charge in [0.15, 0.2) is 0 Å². The first-order chi connectivity index (χ1) is 10.7. The van der Waals surface area contributed by atoms with Gasteiger partial charge in [-0.15, -0.1) is 0 Å². The highest BCUT2D eigenvalue weighted by Crippen LogP contribution is 2.59. The normalized spacial score (nSPS) is 30.6. The van der Waals surface area contributed by atoms with E-state index in [4.69, 9.17) is 0 Å². The molecule has 0 aromatic heterocycles. The Morgan fingerprint density at radius 3 is 2.04 bits per heavy atom. The molecule has 0 aromatic rings. The van der Waals surface area contributed by atoms with E-state index in [-0.39, 0.29) is 17.8 Å². The number of hydrogen-bond acceptors (Lipinski definition) is 2. The van der Waals surface area contributed by atoms with Crippen LogP contribution < -0.4 is 0 Å². The van der Waals surface area contributed by atoms with Crippen LogP contribution in [0.3, 0.4) is 0 Å². The van der Waals surface area contributed by atoms with Crippen LogP contribution in [0.1, 0.15) is 66.2 Å². The van der Waals surface area contributed by atoms with Gasteiger partial charge in [0, 0.05) is 0 Å². The molecule has 23 heavy (non-hydrogen) atoms. The van der Waals surface area contributed by atoms with Crippen molar-refractivity contribution >= 4 is 11.9 Å². The van der Waals surface area contributed by atoms with Crippen LogP contribution in [0.2, 0.25) is 0 Å². The third kappa shape index (κ3) is 3.41. The molecule has 2 fully saturated rings. The van der Waals surface area contributed by atoms with E-state index in [1.54, 1.807) is 0 Å². The van der Waals surface area contributed by atoms with E-state index in [2.05, 4.69) is 0 Å². The second-order valence-electron chi connectivity index (χ2n) is 8.75. The van der Waals surface area contributed by atoms with Crippen molar-refractivity contribution in [3.05, 3.63) is 0 Å². The molecule has 2 aliphatic carbocycles. The lowest BCUT2D eigenvalue weighted by molar-refractivity contribution is -0.172.